The highest BCUT2D eigenvalue weighted by atomic mass is 16.2. The van der Waals surface area contributed by atoms with Gasteiger partial charge in [0, 0.05) is 23.1 Å². The van der Waals surface area contributed by atoms with Crippen LogP contribution in [0.3, 0.4) is 0 Å². The molecule has 1 heterocycles. The third kappa shape index (κ3) is 3.74. The Morgan fingerprint density at radius 2 is 1.89 bits per heavy atom. The summed E-state index contributed by atoms with van der Waals surface area (Å²) < 4.78 is 0. The molecule has 4 nitrogen and oxygen atoms in total. The van der Waals surface area contributed by atoms with Crippen LogP contribution in [0, 0.1) is 6.92 Å². The second-order valence-corrected chi connectivity index (χ2v) is 4.20. The predicted octanol–water partition coefficient (Wildman–Crippen LogP) is 2.60. The molecule has 0 aliphatic carbocycles. The van der Waals surface area contributed by atoms with Gasteiger partial charge in [-0.25, -0.2) is 0 Å². The van der Waals surface area contributed by atoms with Crippen LogP contribution in [0.2, 0.25) is 0 Å². The Kier molecular flexibility index (Phi) is 4.03. The van der Waals surface area contributed by atoms with Gasteiger partial charge in [-0.3, -0.25) is 14.6 Å². The molecule has 0 atom stereocenters. The molecule has 0 aliphatic rings. The Bertz CT molecular complexity index is 594. The zero-order chi connectivity index (χ0) is 13.7. The summed E-state index contributed by atoms with van der Waals surface area (Å²) in [6.07, 6.45) is 1.45. The van der Waals surface area contributed by atoms with E-state index in [0.29, 0.717) is 11.3 Å². The van der Waals surface area contributed by atoms with Gasteiger partial charge in [0.15, 0.2) is 5.78 Å². The van der Waals surface area contributed by atoms with E-state index in [4.69, 9.17) is 0 Å². The summed E-state index contributed by atoms with van der Waals surface area (Å²) in [6, 6.07) is 12.2. The summed E-state index contributed by atoms with van der Waals surface area (Å²) in [4.78, 5) is 27.6. The highest BCUT2D eigenvalue weighted by molar-refractivity contribution is 6.10. The van der Waals surface area contributed by atoms with Crippen LogP contribution in [0.25, 0.3) is 0 Å². The van der Waals surface area contributed by atoms with Crippen molar-refractivity contribution in [2.75, 3.05) is 5.32 Å². The van der Waals surface area contributed by atoms with Crippen molar-refractivity contribution in [3.05, 3.63) is 59.9 Å². The minimum atomic E-state index is -0.320. The Balaban J connectivity index is 1.97. The van der Waals surface area contributed by atoms with E-state index in [1.807, 2.05) is 13.0 Å². The van der Waals surface area contributed by atoms with Crippen molar-refractivity contribution in [1.29, 1.82) is 0 Å². The number of anilines is 1. The first kappa shape index (κ1) is 13.0. The van der Waals surface area contributed by atoms with Crippen LogP contribution in [-0.4, -0.2) is 16.7 Å². The number of aromatic nitrogens is 1. The van der Waals surface area contributed by atoms with Crippen LogP contribution in [0.5, 0.6) is 0 Å². The number of nitrogens with zero attached hydrogens (tertiary/aromatic N) is 1. The number of rotatable bonds is 4. The molecule has 96 valence electrons. The number of Topliss-reactive ketones (excluding diaryl/α,β-unsaturated/α-hetero) is 1. The lowest BCUT2D eigenvalue weighted by Crippen LogP contribution is -2.16. The van der Waals surface area contributed by atoms with Gasteiger partial charge in [0.1, 0.15) is 0 Å². The number of nitrogens with one attached hydrogen (secondary N) is 1. The molecule has 0 saturated carbocycles. The number of benzene rings is 1. The summed E-state index contributed by atoms with van der Waals surface area (Å²) in [7, 11) is 0. The molecule has 1 aromatic heterocycles. The number of carbonyl (C=O) groups excluding carboxylic acids is 2. The number of hydrogen-bond acceptors (Lipinski definition) is 3. The molecule has 4 heteroatoms. The highest BCUT2D eigenvalue weighted by Crippen LogP contribution is 2.09. The topological polar surface area (TPSA) is 59.1 Å². The highest BCUT2D eigenvalue weighted by Gasteiger charge is 2.11. The zero-order valence-corrected chi connectivity index (χ0v) is 10.6. The van der Waals surface area contributed by atoms with Crippen LogP contribution in [0.1, 0.15) is 22.5 Å². The second kappa shape index (κ2) is 5.91. The van der Waals surface area contributed by atoms with Gasteiger partial charge in [0.05, 0.1) is 6.42 Å². The molecule has 1 N–H and O–H groups in total. The Morgan fingerprint density at radius 3 is 2.58 bits per heavy atom. The van der Waals surface area contributed by atoms with Crippen LogP contribution in [-0.2, 0) is 4.79 Å². The molecule has 1 aromatic carbocycles. The lowest BCUT2D eigenvalue weighted by molar-refractivity contribution is -0.115. The van der Waals surface area contributed by atoms with Gasteiger partial charge in [-0.05, 0) is 19.1 Å². The fraction of sp³-hybridized carbons (Fsp3) is 0.133. The van der Waals surface area contributed by atoms with Crippen LogP contribution in [0.15, 0.2) is 48.7 Å². The first-order valence-corrected chi connectivity index (χ1v) is 5.96. The largest absolute Gasteiger partial charge is 0.326 e. The SMILES string of the molecule is Cc1cc(NC(=O)CC(=O)c2ccccc2)ccn1. The number of amides is 1. The summed E-state index contributed by atoms with van der Waals surface area (Å²) in [5.41, 5.74) is 2.01. The monoisotopic (exact) mass is 254 g/mol. The van der Waals surface area contributed by atoms with Gasteiger partial charge < -0.3 is 5.32 Å². The lowest BCUT2D eigenvalue weighted by Gasteiger charge is -2.05. The second-order valence-electron chi connectivity index (χ2n) is 4.20. The summed E-state index contributed by atoms with van der Waals surface area (Å²) in [5, 5.41) is 2.68. The average molecular weight is 254 g/mol. The van der Waals surface area contributed by atoms with E-state index in [2.05, 4.69) is 10.3 Å². The smallest absolute Gasteiger partial charge is 0.232 e. The van der Waals surface area contributed by atoms with Crippen molar-refractivity contribution < 1.29 is 9.59 Å². The van der Waals surface area contributed by atoms with Gasteiger partial charge in [-0.2, -0.15) is 0 Å². The van der Waals surface area contributed by atoms with Crippen LogP contribution < -0.4 is 5.32 Å². The molecular weight excluding hydrogens is 240 g/mol. The number of carbonyl (C=O) groups is 2. The maximum Gasteiger partial charge on any atom is 0.232 e. The molecule has 2 aromatic rings. The maximum atomic E-state index is 11.8. The zero-order valence-electron chi connectivity index (χ0n) is 10.6. The van der Waals surface area contributed by atoms with Crippen molar-refractivity contribution in [1.82, 2.24) is 4.98 Å². The molecule has 0 saturated heterocycles. The van der Waals surface area contributed by atoms with E-state index in [1.165, 1.54) is 0 Å². The van der Waals surface area contributed by atoms with E-state index in [1.54, 1.807) is 42.6 Å². The minimum Gasteiger partial charge on any atom is -0.326 e. The number of ketones is 1. The third-order valence-electron chi connectivity index (χ3n) is 2.60. The average Bonchev–Trinajstić information content (AvgIpc) is 2.39. The molecule has 0 unspecified atom stereocenters. The summed E-state index contributed by atoms with van der Waals surface area (Å²) >= 11 is 0. The lowest BCUT2D eigenvalue weighted by atomic mass is 10.1. The Morgan fingerprint density at radius 1 is 1.16 bits per heavy atom. The molecule has 1 amide bonds. The molecule has 0 bridgehead atoms. The fourth-order valence-corrected chi connectivity index (χ4v) is 1.70. The van der Waals surface area contributed by atoms with E-state index < -0.39 is 0 Å². The molecule has 2 rings (SSSR count). The minimum absolute atomic E-state index is 0.161. The van der Waals surface area contributed by atoms with Gasteiger partial charge in [0.2, 0.25) is 5.91 Å². The Hall–Kier alpha value is -2.49. The molecular formula is C15H14N2O2. The van der Waals surface area contributed by atoms with Gasteiger partial charge >= 0.3 is 0 Å². The predicted molar refractivity (Wildman–Crippen MR) is 73.0 cm³/mol. The standard InChI is InChI=1S/C15H14N2O2/c1-11-9-13(7-8-16-11)17-15(19)10-14(18)12-5-3-2-4-6-12/h2-9H,10H2,1H3,(H,16,17,19). The van der Waals surface area contributed by atoms with E-state index in [9.17, 15) is 9.59 Å². The van der Waals surface area contributed by atoms with Crippen LogP contribution in [0.4, 0.5) is 5.69 Å². The molecule has 19 heavy (non-hydrogen) atoms. The molecule has 0 spiro atoms. The molecule has 0 radical (unpaired) electrons. The first-order valence-electron chi connectivity index (χ1n) is 5.96. The quantitative estimate of drug-likeness (QED) is 0.674. The van der Waals surface area contributed by atoms with E-state index in [0.717, 1.165) is 5.69 Å². The molecule has 0 aliphatic heterocycles. The summed E-state index contributed by atoms with van der Waals surface area (Å²) in [6.45, 7) is 1.84. The van der Waals surface area contributed by atoms with Crippen molar-refractivity contribution in [3.8, 4) is 0 Å². The maximum absolute atomic E-state index is 11.8. The van der Waals surface area contributed by atoms with Crippen LogP contribution >= 0.6 is 0 Å². The summed E-state index contributed by atoms with van der Waals surface area (Å²) in [5.74, 6) is -0.511. The van der Waals surface area contributed by atoms with Crippen molar-refractivity contribution in [2.45, 2.75) is 13.3 Å². The van der Waals surface area contributed by atoms with Gasteiger partial charge in [-0.15, -0.1) is 0 Å². The van der Waals surface area contributed by atoms with E-state index >= 15 is 0 Å². The number of aryl methyl sites for hydroxylation is 1. The van der Waals surface area contributed by atoms with Crippen molar-refractivity contribution in [2.24, 2.45) is 0 Å². The van der Waals surface area contributed by atoms with Gasteiger partial charge in [0.25, 0.3) is 0 Å². The normalized spacial score (nSPS) is 9.95. The number of hydrogen-bond donors (Lipinski definition) is 1. The van der Waals surface area contributed by atoms with Crippen molar-refractivity contribution in [3.63, 3.8) is 0 Å². The van der Waals surface area contributed by atoms with Gasteiger partial charge in [-0.1, -0.05) is 30.3 Å². The first-order chi connectivity index (χ1) is 9.15. The number of pyridine rings is 1. The molecule has 0 fully saturated rings. The Labute approximate surface area is 111 Å². The van der Waals surface area contributed by atoms with E-state index in [-0.39, 0.29) is 18.1 Å². The third-order valence-corrected chi connectivity index (χ3v) is 2.60. The fourth-order valence-electron chi connectivity index (χ4n) is 1.70. The van der Waals surface area contributed by atoms with Crippen molar-refractivity contribution >= 4 is 17.4 Å².